The Labute approximate surface area is 177 Å². The van der Waals surface area contributed by atoms with Gasteiger partial charge in [0.25, 0.3) is 0 Å². The van der Waals surface area contributed by atoms with Crippen LogP contribution in [0.5, 0.6) is 0 Å². The molecule has 2 atom stereocenters. The molecule has 0 saturated carbocycles. The molecule has 7 heteroatoms. The molecule has 152 valence electrons. The van der Waals surface area contributed by atoms with E-state index < -0.39 is 5.60 Å². The monoisotopic (exact) mass is 422 g/mol. The van der Waals surface area contributed by atoms with Crippen molar-refractivity contribution in [2.45, 2.75) is 69.7 Å². The van der Waals surface area contributed by atoms with Crippen molar-refractivity contribution in [1.82, 2.24) is 15.3 Å². The van der Waals surface area contributed by atoms with E-state index in [1.807, 2.05) is 30.3 Å². The zero-order valence-corrected chi connectivity index (χ0v) is 17.9. The molecule has 2 bridgehead atoms. The van der Waals surface area contributed by atoms with Crippen molar-refractivity contribution in [2.75, 3.05) is 5.32 Å². The highest BCUT2D eigenvalue weighted by Gasteiger charge is 2.33. The van der Waals surface area contributed by atoms with Gasteiger partial charge in [0, 0.05) is 29.6 Å². The van der Waals surface area contributed by atoms with Crippen LogP contribution in [0.15, 0.2) is 30.3 Å². The van der Waals surface area contributed by atoms with Crippen molar-refractivity contribution in [1.29, 1.82) is 0 Å². The predicted octanol–water partition coefficient (Wildman–Crippen LogP) is 4.06. The molecule has 2 unspecified atom stereocenters. The Morgan fingerprint density at radius 1 is 1.14 bits per heavy atom. The Bertz CT molecular complexity index is 795. The third-order valence-electron chi connectivity index (χ3n) is 5.51. The van der Waals surface area contributed by atoms with Gasteiger partial charge in [0.05, 0.1) is 11.4 Å². The maximum absolute atomic E-state index is 10.5. The number of piperidine rings is 1. The van der Waals surface area contributed by atoms with E-state index in [1.54, 1.807) is 13.8 Å². The number of hydrogen-bond donors (Lipinski definition) is 3. The second-order valence-corrected chi connectivity index (χ2v) is 8.82. The number of nitrogens with one attached hydrogen (secondary N) is 2. The number of halogens is 2. The standard InChI is InChI=1S/C21H27ClN4O.ClH/c1-21(2,27)19-12-17(9-13-3-5-14(22)6-4-13)24-20(26-19)25-18-10-15-7-8-16(11-18)23-15;/h3-6,12,15-16,18,23,27H,7-11H2,1-2H3,(H,24,25,26);1H. The first-order chi connectivity index (χ1) is 12.8. The molecular formula is C21H28Cl2N4O. The van der Waals surface area contributed by atoms with E-state index >= 15 is 0 Å². The Hall–Kier alpha value is -1.40. The van der Waals surface area contributed by atoms with Crippen molar-refractivity contribution in [3.05, 3.63) is 52.3 Å². The second-order valence-electron chi connectivity index (χ2n) is 8.38. The molecule has 2 aliphatic heterocycles. The molecule has 1 aromatic heterocycles. The number of fused-ring (bicyclic) bond motifs is 2. The molecule has 2 saturated heterocycles. The van der Waals surface area contributed by atoms with Crippen LogP contribution in [0.2, 0.25) is 5.02 Å². The zero-order chi connectivity index (χ0) is 19.0. The largest absolute Gasteiger partial charge is 0.384 e. The summed E-state index contributed by atoms with van der Waals surface area (Å²) < 4.78 is 0. The number of nitrogens with zero attached hydrogens (tertiary/aromatic N) is 2. The van der Waals surface area contributed by atoms with Crippen molar-refractivity contribution >= 4 is 30.0 Å². The fraction of sp³-hybridized carbons (Fsp3) is 0.524. The average molecular weight is 423 g/mol. The number of rotatable bonds is 5. The average Bonchev–Trinajstić information content (AvgIpc) is 2.94. The van der Waals surface area contributed by atoms with Crippen LogP contribution in [0, 0.1) is 0 Å². The van der Waals surface area contributed by atoms with Gasteiger partial charge in [-0.05, 0) is 63.3 Å². The number of aliphatic hydroxyl groups is 1. The fourth-order valence-electron chi connectivity index (χ4n) is 4.14. The maximum atomic E-state index is 10.5. The van der Waals surface area contributed by atoms with Crippen LogP contribution < -0.4 is 10.6 Å². The van der Waals surface area contributed by atoms with Crippen LogP contribution >= 0.6 is 24.0 Å². The quantitative estimate of drug-likeness (QED) is 0.677. The number of aromatic nitrogens is 2. The molecular weight excluding hydrogens is 395 g/mol. The molecule has 0 radical (unpaired) electrons. The maximum Gasteiger partial charge on any atom is 0.223 e. The summed E-state index contributed by atoms with van der Waals surface area (Å²) in [6.07, 6.45) is 5.39. The first-order valence-electron chi connectivity index (χ1n) is 9.73. The topological polar surface area (TPSA) is 70.1 Å². The predicted molar refractivity (Wildman–Crippen MR) is 115 cm³/mol. The summed E-state index contributed by atoms with van der Waals surface area (Å²) in [6.45, 7) is 3.52. The number of anilines is 1. The molecule has 3 N–H and O–H groups in total. The van der Waals surface area contributed by atoms with Gasteiger partial charge in [-0.1, -0.05) is 23.7 Å². The minimum Gasteiger partial charge on any atom is -0.384 e. The van der Waals surface area contributed by atoms with E-state index in [4.69, 9.17) is 16.6 Å². The van der Waals surface area contributed by atoms with Crippen LogP contribution in [0.4, 0.5) is 5.95 Å². The lowest BCUT2D eigenvalue weighted by molar-refractivity contribution is 0.0737. The summed E-state index contributed by atoms with van der Waals surface area (Å²) in [4.78, 5) is 9.35. The highest BCUT2D eigenvalue weighted by Crippen LogP contribution is 2.29. The summed E-state index contributed by atoms with van der Waals surface area (Å²) in [6, 6.07) is 11.3. The third kappa shape index (κ3) is 5.15. The van der Waals surface area contributed by atoms with E-state index in [-0.39, 0.29) is 12.4 Å². The van der Waals surface area contributed by atoms with Gasteiger partial charge < -0.3 is 15.7 Å². The van der Waals surface area contributed by atoms with Gasteiger partial charge in [-0.25, -0.2) is 9.97 Å². The molecule has 0 spiro atoms. The van der Waals surface area contributed by atoms with Crippen LogP contribution in [0.1, 0.15) is 56.5 Å². The summed E-state index contributed by atoms with van der Waals surface area (Å²) in [5.74, 6) is 0.616. The fourth-order valence-corrected chi connectivity index (χ4v) is 4.26. The van der Waals surface area contributed by atoms with Crippen molar-refractivity contribution in [3.63, 3.8) is 0 Å². The van der Waals surface area contributed by atoms with Gasteiger partial charge in [-0.2, -0.15) is 0 Å². The lowest BCUT2D eigenvalue weighted by Gasteiger charge is -2.30. The van der Waals surface area contributed by atoms with E-state index in [9.17, 15) is 5.11 Å². The van der Waals surface area contributed by atoms with Crippen LogP contribution in [0.25, 0.3) is 0 Å². The molecule has 2 aliphatic rings. The minimum atomic E-state index is -1.01. The van der Waals surface area contributed by atoms with Crippen molar-refractivity contribution < 1.29 is 5.11 Å². The van der Waals surface area contributed by atoms with Gasteiger partial charge in [0.2, 0.25) is 5.95 Å². The molecule has 1 aromatic carbocycles. The van der Waals surface area contributed by atoms with Gasteiger partial charge in [-0.15, -0.1) is 12.4 Å². The number of benzene rings is 1. The normalized spacial score (nSPS) is 23.9. The van der Waals surface area contributed by atoms with Crippen LogP contribution in [-0.2, 0) is 12.0 Å². The van der Waals surface area contributed by atoms with E-state index in [0.717, 1.165) is 29.1 Å². The lowest BCUT2D eigenvalue weighted by atomic mass is 10.00. The van der Waals surface area contributed by atoms with Gasteiger partial charge in [-0.3, -0.25) is 0 Å². The molecule has 28 heavy (non-hydrogen) atoms. The smallest absolute Gasteiger partial charge is 0.223 e. The molecule has 0 aliphatic carbocycles. The van der Waals surface area contributed by atoms with Crippen molar-refractivity contribution in [2.24, 2.45) is 0 Å². The first kappa shape index (κ1) is 21.3. The molecule has 2 aromatic rings. The minimum absolute atomic E-state index is 0. The summed E-state index contributed by atoms with van der Waals surface area (Å²) in [7, 11) is 0. The molecule has 5 nitrogen and oxygen atoms in total. The van der Waals surface area contributed by atoms with Crippen molar-refractivity contribution in [3.8, 4) is 0 Å². The Morgan fingerprint density at radius 2 is 1.79 bits per heavy atom. The van der Waals surface area contributed by atoms with Crippen LogP contribution in [-0.4, -0.2) is 33.2 Å². The number of hydrogen-bond acceptors (Lipinski definition) is 5. The Kier molecular flexibility index (Phi) is 6.50. The first-order valence-corrected chi connectivity index (χ1v) is 10.1. The molecule has 3 heterocycles. The molecule has 0 amide bonds. The second kappa shape index (κ2) is 8.54. The van der Waals surface area contributed by atoms with E-state index in [1.165, 1.54) is 12.8 Å². The zero-order valence-electron chi connectivity index (χ0n) is 16.3. The third-order valence-corrected chi connectivity index (χ3v) is 5.76. The Balaban J connectivity index is 0.00000225. The summed E-state index contributed by atoms with van der Waals surface area (Å²) >= 11 is 5.99. The summed E-state index contributed by atoms with van der Waals surface area (Å²) in [5.41, 5.74) is 1.65. The molecule has 2 fully saturated rings. The lowest BCUT2D eigenvalue weighted by Crippen LogP contribution is -2.43. The van der Waals surface area contributed by atoms with Crippen LogP contribution in [0.3, 0.4) is 0 Å². The summed E-state index contributed by atoms with van der Waals surface area (Å²) in [5, 5.41) is 18.4. The Morgan fingerprint density at radius 3 is 2.39 bits per heavy atom. The van der Waals surface area contributed by atoms with Gasteiger partial charge >= 0.3 is 0 Å². The van der Waals surface area contributed by atoms with E-state index in [2.05, 4.69) is 15.6 Å². The van der Waals surface area contributed by atoms with E-state index in [0.29, 0.717) is 36.2 Å². The SMILES string of the molecule is CC(C)(O)c1cc(Cc2ccc(Cl)cc2)nc(NC2CC3CCC(C2)N3)n1.Cl. The highest BCUT2D eigenvalue weighted by atomic mass is 35.5. The molecule has 4 rings (SSSR count). The highest BCUT2D eigenvalue weighted by molar-refractivity contribution is 6.30. The van der Waals surface area contributed by atoms with Gasteiger partial charge in [0.15, 0.2) is 0 Å². The van der Waals surface area contributed by atoms with Gasteiger partial charge in [0.1, 0.15) is 5.60 Å².